The number of aliphatic hydroxyl groups excluding tert-OH is 1. The molecule has 0 atom stereocenters. The van der Waals surface area contributed by atoms with Crippen molar-refractivity contribution in [2.45, 2.75) is 61.8 Å². The van der Waals surface area contributed by atoms with Crippen molar-refractivity contribution in [1.29, 1.82) is 0 Å². The summed E-state index contributed by atoms with van der Waals surface area (Å²) in [7, 11) is 0. The van der Waals surface area contributed by atoms with Crippen molar-refractivity contribution in [3.8, 4) is 0 Å². The van der Waals surface area contributed by atoms with Crippen LogP contribution in [0.4, 0.5) is 0 Å². The fraction of sp³-hybridized carbons (Fsp3) is 0.478. The molecular weight excluding hydrogens is 370 g/mol. The third-order valence-corrected chi connectivity index (χ3v) is 3.87. The first-order valence-electron chi connectivity index (χ1n) is 9.73. The van der Waals surface area contributed by atoms with Gasteiger partial charge in [-0.15, -0.1) is 0 Å². The zero-order valence-corrected chi connectivity index (χ0v) is 19.4. The van der Waals surface area contributed by atoms with Gasteiger partial charge in [-0.25, -0.2) is 0 Å². The largest absolute Gasteiger partial charge is 0.512 e. The van der Waals surface area contributed by atoms with Crippen LogP contribution in [0.3, 0.4) is 0 Å². The molecule has 2 aromatic rings. The van der Waals surface area contributed by atoms with Crippen molar-refractivity contribution in [3.05, 3.63) is 58.5 Å². The van der Waals surface area contributed by atoms with E-state index in [0.717, 1.165) is 39.5 Å². The molecule has 0 aliphatic rings. The summed E-state index contributed by atoms with van der Waals surface area (Å²) in [5.74, 6) is 1.21. The van der Waals surface area contributed by atoms with Gasteiger partial charge in [0.2, 0.25) is 0 Å². The van der Waals surface area contributed by atoms with Gasteiger partial charge in [-0.3, -0.25) is 10.2 Å². The van der Waals surface area contributed by atoms with Crippen molar-refractivity contribution < 1.29 is 5.11 Å². The van der Waals surface area contributed by atoms with Crippen molar-refractivity contribution in [2.75, 3.05) is 0 Å². The maximum Gasteiger partial charge on any atom is 0.0923 e. The number of benzene rings is 1. The van der Waals surface area contributed by atoms with Crippen molar-refractivity contribution in [2.24, 2.45) is 17.1 Å². The molecule has 0 unspecified atom stereocenters. The summed E-state index contributed by atoms with van der Waals surface area (Å²) in [5.41, 5.74) is 9.71. The van der Waals surface area contributed by atoms with Gasteiger partial charge in [0.25, 0.3) is 0 Å². The number of fused-ring (bicyclic) bond motifs is 1. The Bertz CT molecular complexity index is 779. The van der Waals surface area contributed by atoms with E-state index >= 15 is 0 Å². The normalized spacial score (nSPS) is 13.1. The predicted molar refractivity (Wildman–Crippen MR) is 125 cm³/mol. The molecule has 0 spiro atoms. The van der Waals surface area contributed by atoms with Gasteiger partial charge in [0.05, 0.1) is 16.8 Å². The summed E-state index contributed by atoms with van der Waals surface area (Å²) < 4.78 is 0. The van der Waals surface area contributed by atoms with Gasteiger partial charge in [-0.2, -0.15) is 0 Å². The van der Waals surface area contributed by atoms with Crippen LogP contribution < -0.4 is 5.73 Å². The van der Waals surface area contributed by atoms with Crippen LogP contribution in [0, 0.1) is 11.3 Å². The van der Waals surface area contributed by atoms with Crippen molar-refractivity contribution in [1.82, 2.24) is 10.2 Å². The second-order valence-corrected chi connectivity index (χ2v) is 8.78. The molecule has 0 bridgehead atoms. The number of allylic oxidation sites excluding steroid dienone is 5. The van der Waals surface area contributed by atoms with E-state index in [1.54, 1.807) is 6.92 Å². The first-order chi connectivity index (χ1) is 12.9. The van der Waals surface area contributed by atoms with Crippen LogP contribution in [0.25, 0.3) is 11.0 Å². The number of H-pyrrole nitrogens is 2. The van der Waals surface area contributed by atoms with Crippen LogP contribution in [0.15, 0.2) is 53.5 Å². The quantitative estimate of drug-likeness (QED) is 0.314. The van der Waals surface area contributed by atoms with E-state index in [-0.39, 0.29) is 5.41 Å². The molecule has 5 N–H and O–H groups in total. The number of aliphatic hydroxyl groups is 1. The van der Waals surface area contributed by atoms with Crippen LogP contribution >= 0.6 is 11.6 Å². The second kappa shape index (κ2) is 12.4. The first-order valence-corrected chi connectivity index (χ1v) is 10.1. The smallest absolute Gasteiger partial charge is 0.0923 e. The third kappa shape index (κ3) is 10.3. The van der Waals surface area contributed by atoms with Crippen LogP contribution in [0.1, 0.15) is 61.8 Å². The Morgan fingerprint density at radius 1 is 1.18 bits per heavy atom. The van der Waals surface area contributed by atoms with E-state index in [1.165, 1.54) is 6.20 Å². The molecule has 1 aromatic carbocycles. The van der Waals surface area contributed by atoms with E-state index in [2.05, 4.69) is 51.7 Å². The zero-order chi connectivity index (χ0) is 21.9. The lowest BCUT2D eigenvalue weighted by Gasteiger charge is -2.21. The molecule has 2 rings (SSSR count). The van der Waals surface area contributed by atoms with E-state index in [1.807, 2.05) is 37.3 Å². The SMILES string of the molecule is CC(C)C.CCC(/C=C(\C=C\N)C(C)(C)C)=C(/C)O.Clc1ccc2[nH][nH]c2c1. The molecule has 1 aromatic heterocycles. The summed E-state index contributed by atoms with van der Waals surface area (Å²) in [6, 6.07) is 5.68. The van der Waals surface area contributed by atoms with Gasteiger partial charge in [0.1, 0.15) is 0 Å². The van der Waals surface area contributed by atoms with Crippen LogP contribution in [0.5, 0.6) is 0 Å². The number of hydrogen-bond donors (Lipinski definition) is 4. The second-order valence-electron chi connectivity index (χ2n) is 8.34. The van der Waals surface area contributed by atoms with Crippen LogP contribution in [0.2, 0.25) is 5.02 Å². The lowest BCUT2D eigenvalue weighted by atomic mass is 9.85. The highest BCUT2D eigenvalue weighted by Gasteiger charge is 2.15. The Morgan fingerprint density at radius 3 is 2.00 bits per heavy atom. The average Bonchev–Trinajstić information content (AvgIpc) is 2.53. The molecule has 0 amide bonds. The standard InChI is InChI=1S/C13H23NO.C6H5ClN2.C4H10/c1-6-11(10(2)15)9-12(7-8-14)13(3,4)5;7-4-1-2-5-6(3-4)9-8-5;1-4(2)3/h7-9,15H,6,14H2,1-5H3;1-3,8-9H;4H,1-3H3/b8-7+,11-10+,12-9+;;. The first kappa shape index (κ1) is 25.9. The number of halogens is 1. The van der Waals surface area contributed by atoms with E-state index < -0.39 is 0 Å². The summed E-state index contributed by atoms with van der Waals surface area (Å²) in [4.78, 5) is 0. The Kier molecular flexibility index (Phi) is 11.5. The molecular formula is C23H38ClN3O. The lowest BCUT2D eigenvalue weighted by Crippen LogP contribution is -2.08. The summed E-state index contributed by atoms with van der Waals surface area (Å²) in [5, 5.41) is 16.0. The molecule has 0 radical (unpaired) electrons. The maximum atomic E-state index is 9.47. The van der Waals surface area contributed by atoms with Gasteiger partial charge in [-0.05, 0) is 66.3 Å². The highest BCUT2D eigenvalue weighted by atomic mass is 35.5. The Labute approximate surface area is 175 Å². The minimum atomic E-state index is 0.0335. The number of nitrogens with two attached hydrogens (primary N) is 1. The van der Waals surface area contributed by atoms with Crippen molar-refractivity contribution >= 4 is 22.6 Å². The van der Waals surface area contributed by atoms with E-state index in [9.17, 15) is 5.11 Å². The summed E-state index contributed by atoms with van der Waals surface area (Å²) in [6.45, 7) is 16.6. The highest BCUT2D eigenvalue weighted by molar-refractivity contribution is 6.31. The van der Waals surface area contributed by atoms with Crippen LogP contribution in [-0.2, 0) is 0 Å². The fourth-order valence-corrected chi connectivity index (χ4v) is 2.24. The maximum absolute atomic E-state index is 9.47. The number of aromatic nitrogens is 2. The topological polar surface area (TPSA) is 77.8 Å². The molecule has 4 nitrogen and oxygen atoms in total. The average molecular weight is 408 g/mol. The van der Waals surface area contributed by atoms with Gasteiger partial charge in [0, 0.05) is 5.02 Å². The van der Waals surface area contributed by atoms with E-state index in [4.69, 9.17) is 17.3 Å². The number of hydrogen-bond acceptors (Lipinski definition) is 2. The number of rotatable bonds is 3. The lowest BCUT2D eigenvalue weighted by molar-refractivity contribution is 0.407. The molecule has 0 saturated heterocycles. The molecule has 1 heterocycles. The highest BCUT2D eigenvalue weighted by Crippen LogP contribution is 2.28. The molecule has 5 heteroatoms. The predicted octanol–water partition coefficient (Wildman–Crippen LogP) is 7.49. The van der Waals surface area contributed by atoms with E-state index in [0.29, 0.717) is 5.76 Å². The summed E-state index contributed by atoms with van der Waals surface area (Å²) in [6.07, 6.45) is 6.26. The summed E-state index contributed by atoms with van der Waals surface area (Å²) >= 11 is 5.68. The third-order valence-electron chi connectivity index (χ3n) is 3.63. The van der Waals surface area contributed by atoms with Gasteiger partial charge in [-0.1, -0.05) is 66.1 Å². The fourth-order valence-electron chi connectivity index (χ4n) is 2.07. The molecule has 158 valence electrons. The Balaban J connectivity index is 0.000000467. The molecule has 0 aliphatic carbocycles. The molecule has 28 heavy (non-hydrogen) atoms. The monoisotopic (exact) mass is 407 g/mol. The number of nitrogens with one attached hydrogen (secondary N) is 2. The Hall–Kier alpha value is -2.07. The number of aromatic amines is 2. The van der Waals surface area contributed by atoms with Gasteiger partial charge >= 0.3 is 0 Å². The molecule has 0 fully saturated rings. The molecule has 0 aliphatic heterocycles. The van der Waals surface area contributed by atoms with Gasteiger partial charge < -0.3 is 10.8 Å². The zero-order valence-electron chi connectivity index (χ0n) is 18.7. The minimum Gasteiger partial charge on any atom is -0.512 e. The van der Waals surface area contributed by atoms with Crippen molar-refractivity contribution in [3.63, 3.8) is 0 Å². The molecule has 0 saturated carbocycles. The van der Waals surface area contributed by atoms with Gasteiger partial charge in [0.15, 0.2) is 0 Å². The minimum absolute atomic E-state index is 0.0335. The Morgan fingerprint density at radius 2 is 1.71 bits per heavy atom. The van der Waals surface area contributed by atoms with Crippen LogP contribution in [-0.4, -0.2) is 15.3 Å².